The molecular formula is C18H20N2O4S. The highest BCUT2D eigenvalue weighted by Gasteiger charge is 2.30. The first-order valence-electron chi connectivity index (χ1n) is 7.99. The van der Waals surface area contributed by atoms with Gasteiger partial charge >= 0.3 is 5.97 Å². The molecule has 1 aromatic carbocycles. The first kappa shape index (κ1) is 17.3. The molecule has 7 heteroatoms. The van der Waals surface area contributed by atoms with Crippen LogP contribution in [0.25, 0.3) is 11.1 Å². The van der Waals surface area contributed by atoms with Gasteiger partial charge in [0.1, 0.15) is 16.3 Å². The van der Waals surface area contributed by atoms with Crippen molar-refractivity contribution in [2.24, 2.45) is 0 Å². The summed E-state index contributed by atoms with van der Waals surface area (Å²) in [7, 11) is 1.71. The van der Waals surface area contributed by atoms with Gasteiger partial charge in [0.05, 0.1) is 12.3 Å². The summed E-state index contributed by atoms with van der Waals surface area (Å²) in [6.45, 7) is 5.66. The Morgan fingerprint density at radius 3 is 2.84 bits per heavy atom. The highest BCUT2D eigenvalue weighted by molar-refractivity contribution is 7.16. The Morgan fingerprint density at radius 1 is 1.44 bits per heavy atom. The van der Waals surface area contributed by atoms with E-state index in [9.17, 15) is 9.59 Å². The molecule has 0 radical (unpaired) electrons. The number of rotatable bonds is 3. The van der Waals surface area contributed by atoms with Crippen molar-refractivity contribution in [2.75, 3.05) is 24.3 Å². The highest BCUT2D eigenvalue weighted by atomic mass is 32.1. The number of nitrogens with two attached hydrogens (primary N) is 1. The summed E-state index contributed by atoms with van der Waals surface area (Å²) in [5.74, 6) is 0.0834. The Labute approximate surface area is 150 Å². The van der Waals surface area contributed by atoms with Crippen molar-refractivity contribution in [1.82, 2.24) is 0 Å². The molecule has 0 aliphatic carbocycles. The number of carbonyl (C=O) groups is 2. The fraction of sp³-hybridized carbons (Fsp3) is 0.333. The molecule has 1 atom stereocenters. The van der Waals surface area contributed by atoms with Crippen LogP contribution in [-0.2, 0) is 9.53 Å². The van der Waals surface area contributed by atoms with Gasteiger partial charge in [0.25, 0.3) is 5.91 Å². The van der Waals surface area contributed by atoms with Crippen LogP contribution in [0.1, 0.15) is 29.1 Å². The van der Waals surface area contributed by atoms with E-state index in [-0.39, 0.29) is 12.5 Å². The number of likely N-dealkylation sites (N-methyl/N-ethyl adjacent to an activating group) is 1. The lowest BCUT2D eigenvalue weighted by Crippen LogP contribution is -2.41. The first-order valence-corrected chi connectivity index (χ1v) is 8.81. The minimum atomic E-state index is -0.517. The van der Waals surface area contributed by atoms with E-state index >= 15 is 0 Å². The van der Waals surface area contributed by atoms with Crippen LogP contribution in [0.3, 0.4) is 0 Å². The van der Waals surface area contributed by atoms with E-state index in [1.54, 1.807) is 25.8 Å². The average molecular weight is 360 g/mol. The van der Waals surface area contributed by atoms with Crippen LogP contribution < -0.4 is 15.4 Å². The summed E-state index contributed by atoms with van der Waals surface area (Å²) < 4.78 is 10.8. The lowest BCUT2D eigenvalue weighted by Gasteiger charge is -2.30. The highest BCUT2D eigenvalue weighted by Crippen LogP contribution is 2.42. The first-order chi connectivity index (χ1) is 11.8. The molecule has 3 rings (SSSR count). The molecule has 1 aliphatic heterocycles. The number of hydrogen-bond acceptors (Lipinski definition) is 6. The summed E-state index contributed by atoms with van der Waals surface area (Å²) in [5.41, 5.74) is 8.62. The van der Waals surface area contributed by atoms with Crippen LogP contribution in [0, 0.1) is 6.92 Å². The molecule has 0 fully saturated rings. The lowest BCUT2D eigenvalue weighted by molar-refractivity contribution is -0.125. The van der Waals surface area contributed by atoms with Crippen molar-refractivity contribution in [3.63, 3.8) is 0 Å². The fourth-order valence-corrected chi connectivity index (χ4v) is 3.93. The van der Waals surface area contributed by atoms with Gasteiger partial charge in [0, 0.05) is 17.5 Å². The lowest BCUT2D eigenvalue weighted by atomic mass is 9.99. The summed E-state index contributed by atoms with van der Waals surface area (Å²) in [6.07, 6.45) is -0.517. The van der Waals surface area contributed by atoms with Gasteiger partial charge in [0.15, 0.2) is 6.10 Å². The Balaban J connectivity index is 2.13. The minimum absolute atomic E-state index is 0.114. The molecule has 0 bridgehead atoms. The largest absolute Gasteiger partial charge is 0.479 e. The zero-order valence-electron chi connectivity index (χ0n) is 14.6. The van der Waals surface area contributed by atoms with E-state index in [1.807, 2.05) is 25.1 Å². The number of nitrogens with zero attached hydrogens (tertiary/aromatic N) is 1. The van der Waals surface area contributed by atoms with Crippen LogP contribution in [0.2, 0.25) is 0 Å². The SMILES string of the molecule is CCOC(=O)c1c(N)sc(C)c1-c1ccc2c(c1)N(C)C(=O)C(C)O2. The molecule has 2 heterocycles. The van der Waals surface area contributed by atoms with Gasteiger partial charge in [-0.05, 0) is 38.5 Å². The number of nitrogen functional groups attached to an aromatic ring is 1. The zero-order valence-corrected chi connectivity index (χ0v) is 15.4. The summed E-state index contributed by atoms with van der Waals surface area (Å²) in [4.78, 5) is 27.0. The molecule has 2 aromatic rings. The number of carbonyl (C=O) groups excluding carboxylic acids is 2. The van der Waals surface area contributed by atoms with Crippen LogP contribution in [0.4, 0.5) is 10.7 Å². The molecule has 0 saturated heterocycles. The minimum Gasteiger partial charge on any atom is -0.479 e. The van der Waals surface area contributed by atoms with Crippen molar-refractivity contribution >= 4 is 33.9 Å². The van der Waals surface area contributed by atoms with Crippen molar-refractivity contribution in [2.45, 2.75) is 26.9 Å². The molecule has 1 unspecified atom stereocenters. The molecule has 0 saturated carbocycles. The molecule has 0 spiro atoms. The summed E-state index contributed by atoms with van der Waals surface area (Å²) >= 11 is 1.35. The van der Waals surface area contributed by atoms with E-state index in [4.69, 9.17) is 15.2 Å². The number of amides is 1. The molecule has 1 aromatic heterocycles. The van der Waals surface area contributed by atoms with E-state index in [1.165, 1.54) is 11.3 Å². The predicted molar refractivity (Wildman–Crippen MR) is 98.4 cm³/mol. The van der Waals surface area contributed by atoms with Crippen LogP contribution in [0.5, 0.6) is 5.75 Å². The molecule has 6 nitrogen and oxygen atoms in total. The molecule has 132 valence electrons. The van der Waals surface area contributed by atoms with Crippen molar-refractivity contribution in [1.29, 1.82) is 0 Å². The smallest absolute Gasteiger partial charge is 0.341 e. The molecule has 1 amide bonds. The van der Waals surface area contributed by atoms with Crippen LogP contribution in [-0.4, -0.2) is 31.6 Å². The monoisotopic (exact) mass is 360 g/mol. The van der Waals surface area contributed by atoms with E-state index < -0.39 is 12.1 Å². The number of esters is 1. The Morgan fingerprint density at radius 2 is 2.16 bits per heavy atom. The average Bonchev–Trinajstić information content (AvgIpc) is 2.87. The summed E-state index contributed by atoms with van der Waals surface area (Å²) in [6, 6.07) is 5.52. The predicted octanol–water partition coefficient (Wildman–Crippen LogP) is 3.23. The van der Waals surface area contributed by atoms with Gasteiger partial charge < -0.3 is 20.1 Å². The second kappa shape index (κ2) is 6.40. The fourth-order valence-electron chi connectivity index (χ4n) is 2.99. The Hall–Kier alpha value is -2.54. The second-order valence-electron chi connectivity index (χ2n) is 5.83. The maximum Gasteiger partial charge on any atom is 0.341 e. The van der Waals surface area contributed by atoms with E-state index in [2.05, 4.69) is 0 Å². The van der Waals surface area contributed by atoms with Crippen molar-refractivity contribution < 1.29 is 19.1 Å². The number of thiophene rings is 1. The van der Waals surface area contributed by atoms with Crippen LogP contribution in [0.15, 0.2) is 18.2 Å². The van der Waals surface area contributed by atoms with E-state index in [0.29, 0.717) is 22.0 Å². The molecule has 1 aliphatic rings. The number of hydrogen-bond donors (Lipinski definition) is 1. The quantitative estimate of drug-likeness (QED) is 0.850. The normalized spacial score (nSPS) is 16.4. The Kier molecular flexibility index (Phi) is 4.43. The maximum absolute atomic E-state index is 12.3. The van der Waals surface area contributed by atoms with Gasteiger partial charge in [-0.3, -0.25) is 4.79 Å². The molecular weight excluding hydrogens is 340 g/mol. The summed E-state index contributed by atoms with van der Waals surface area (Å²) in [5, 5.41) is 0.429. The number of benzene rings is 1. The zero-order chi connectivity index (χ0) is 18.3. The van der Waals surface area contributed by atoms with Crippen molar-refractivity contribution in [3.8, 4) is 16.9 Å². The number of aryl methyl sites for hydroxylation is 1. The third kappa shape index (κ3) is 2.84. The van der Waals surface area contributed by atoms with Crippen molar-refractivity contribution in [3.05, 3.63) is 28.6 Å². The van der Waals surface area contributed by atoms with Gasteiger partial charge in [-0.1, -0.05) is 6.07 Å². The van der Waals surface area contributed by atoms with E-state index in [0.717, 1.165) is 16.0 Å². The second-order valence-corrected chi connectivity index (χ2v) is 7.09. The van der Waals surface area contributed by atoms with Gasteiger partial charge in [-0.25, -0.2) is 4.79 Å². The number of anilines is 2. The third-order valence-corrected chi connectivity index (χ3v) is 5.12. The number of fused-ring (bicyclic) bond motifs is 1. The van der Waals surface area contributed by atoms with Gasteiger partial charge in [0.2, 0.25) is 0 Å². The molecule has 25 heavy (non-hydrogen) atoms. The van der Waals surface area contributed by atoms with Gasteiger partial charge in [-0.2, -0.15) is 0 Å². The molecule has 2 N–H and O–H groups in total. The maximum atomic E-state index is 12.3. The Bertz CT molecular complexity index is 859. The van der Waals surface area contributed by atoms with Crippen LogP contribution >= 0.6 is 11.3 Å². The van der Waals surface area contributed by atoms with Gasteiger partial charge in [-0.15, -0.1) is 11.3 Å². The standard InChI is InChI=1S/C18H20N2O4S/c1-5-23-18(22)15-14(10(3)25-16(15)19)11-6-7-13-12(8-11)20(4)17(21)9(2)24-13/h6-9H,5,19H2,1-4H3. The number of ether oxygens (including phenoxy) is 2. The third-order valence-electron chi connectivity index (χ3n) is 4.18. The topological polar surface area (TPSA) is 81.9 Å².